The first-order valence-corrected chi connectivity index (χ1v) is 16.3. The predicted octanol–water partition coefficient (Wildman–Crippen LogP) is 2.01. The topological polar surface area (TPSA) is 172 Å². The first-order chi connectivity index (χ1) is 16.7. The van der Waals surface area contributed by atoms with E-state index in [1.165, 1.54) is 57.2 Å². The van der Waals surface area contributed by atoms with Crippen LogP contribution in [0, 0.1) is 41.5 Å². The van der Waals surface area contributed by atoms with Gasteiger partial charge in [-0.05, 0) is 117 Å². The maximum Gasteiger partial charge on any atom is 0.124 e. The van der Waals surface area contributed by atoms with Crippen LogP contribution in [0.3, 0.4) is 0 Å². The Kier molecular flexibility index (Phi) is 7.82. The lowest BCUT2D eigenvalue weighted by Gasteiger charge is -2.28. The zero-order valence-electron chi connectivity index (χ0n) is 20.8. The van der Waals surface area contributed by atoms with E-state index in [9.17, 15) is 38.9 Å². The maximum atomic E-state index is 12.0. The van der Waals surface area contributed by atoms with Gasteiger partial charge in [-0.2, -0.15) is 0 Å². The summed E-state index contributed by atoms with van der Waals surface area (Å²) in [5.41, 5.74) is 2.27. The summed E-state index contributed by atoms with van der Waals surface area (Å²) in [6.07, 6.45) is 0. The van der Waals surface area contributed by atoms with Crippen molar-refractivity contribution in [3.05, 3.63) is 69.8 Å². The van der Waals surface area contributed by atoms with E-state index in [1.54, 1.807) is 20.8 Å². The fraction of sp³-hybridized carbons (Fsp3) is 0.250. The van der Waals surface area contributed by atoms with Gasteiger partial charge in [-0.25, -0.2) is 25.3 Å². The Balaban J connectivity index is 2.58. The lowest BCUT2D eigenvalue weighted by Crippen LogP contribution is -2.28. The molecule has 9 nitrogen and oxygen atoms in total. The van der Waals surface area contributed by atoms with Crippen LogP contribution in [-0.4, -0.2) is 38.9 Å². The fourth-order valence-corrected chi connectivity index (χ4v) is 9.60. The molecule has 0 amide bonds. The van der Waals surface area contributed by atoms with Crippen LogP contribution in [0.15, 0.2) is 51.1 Å². The molecular weight excluding hydrogens is 559 g/mol. The molecular formula is C24H24O9PS3-3. The van der Waals surface area contributed by atoms with Gasteiger partial charge in [0.25, 0.3) is 0 Å². The van der Waals surface area contributed by atoms with Crippen molar-refractivity contribution in [2.24, 2.45) is 0 Å². The largest absolute Gasteiger partial charge is 0.744 e. The third kappa shape index (κ3) is 5.96. The van der Waals surface area contributed by atoms with Crippen LogP contribution in [0.25, 0.3) is 0 Å². The van der Waals surface area contributed by atoms with Crippen LogP contribution in [0.1, 0.15) is 33.4 Å². The summed E-state index contributed by atoms with van der Waals surface area (Å²) >= 11 is 0. The zero-order valence-corrected chi connectivity index (χ0v) is 24.2. The molecule has 3 rings (SSSR count). The molecule has 3 aromatic carbocycles. The molecule has 0 heterocycles. The van der Waals surface area contributed by atoms with Gasteiger partial charge in [-0.1, -0.05) is 18.2 Å². The standard InChI is InChI=1S/C24H27O9PS3/c1-13-7-16(4)22(35(25,26)27)10-19(13)34(20-11-23(36(28,29)30)17(5)8-14(20)2)21-12-24(37(31,32)33)18(6)9-15(21)3/h7-12H,1-6H3,(H,25,26,27)(H,28,29,30)(H,31,32,33)/p-3. The Bertz CT molecular complexity index is 1550. The van der Waals surface area contributed by atoms with Crippen molar-refractivity contribution in [2.45, 2.75) is 56.2 Å². The average molecular weight is 584 g/mol. The van der Waals surface area contributed by atoms with Gasteiger partial charge >= 0.3 is 0 Å². The minimum atomic E-state index is -4.90. The molecule has 0 N–H and O–H groups in total. The van der Waals surface area contributed by atoms with Crippen LogP contribution in [-0.2, 0) is 30.4 Å². The van der Waals surface area contributed by atoms with E-state index < -0.39 is 53.0 Å². The van der Waals surface area contributed by atoms with Crippen molar-refractivity contribution >= 4 is 54.2 Å². The normalized spacial score (nSPS) is 12.8. The Hall–Kier alpha value is -2.18. The quantitative estimate of drug-likeness (QED) is 0.311. The van der Waals surface area contributed by atoms with Crippen LogP contribution in [0.2, 0.25) is 0 Å². The highest BCUT2D eigenvalue weighted by Gasteiger charge is 2.27. The van der Waals surface area contributed by atoms with Crippen LogP contribution in [0.4, 0.5) is 0 Å². The summed E-state index contributed by atoms with van der Waals surface area (Å²) < 4.78 is 108. The molecule has 0 bridgehead atoms. The second-order valence-corrected chi connectivity index (χ2v) is 15.1. The van der Waals surface area contributed by atoms with E-state index in [0.717, 1.165) is 0 Å². The van der Waals surface area contributed by atoms with Crippen LogP contribution in [0.5, 0.6) is 0 Å². The van der Waals surface area contributed by atoms with Gasteiger partial charge in [0.2, 0.25) is 0 Å². The van der Waals surface area contributed by atoms with Crippen LogP contribution < -0.4 is 15.9 Å². The molecule has 0 spiro atoms. The van der Waals surface area contributed by atoms with Gasteiger partial charge < -0.3 is 13.7 Å². The zero-order chi connectivity index (χ0) is 28.2. The van der Waals surface area contributed by atoms with Crippen molar-refractivity contribution in [1.82, 2.24) is 0 Å². The van der Waals surface area contributed by atoms with E-state index in [2.05, 4.69) is 0 Å². The molecule has 0 unspecified atom stereocenters. The van der Waals surface area contributed by atoms with Gasteiger partial charge in [0.1, 0.15) is 30.4 Å². The van der Waals surface area contributed by atoms with Gasteiger partial charge in [-0.3, -0.25) is 0 Å². The van der Waals surface area contributed by atoms with Crippen molar-refractivity contribution in [2.75, 3.05) is 0 Å². The van der Waals surface area contributed by atoms with E-state index in [1.807, 2.05) is 0 Å². The molecule has 0 atom stereocenters. The number of aryl methyl sites for hydroxylation is 6. The minimum Gasteiger partial charge on any atom is -0.744 e. The molecule has 37 heavy (non-hydrogen) atoms. The smallest absolute Gasteiger partial charge is 0.124 e. The first-order valence-electron chi connectivity index (χ1n) is 10.7. The van der Waals surface area contributed by atoms with E-state index in [0.29, 0.717) is 32.6 Å². The molecule has 0 aromatic heterocycles. The highest BCUT2D eigenvalue weighted by Crippen LogP contribution is 2.40. The molecule has 0 saturated carbocycles. The third-order valence-electron chi connectivity index (χ3n) is 6.01. The van der Waals surface area contributed by atoms with Gasteiger partial charge in [0.15, 0.2) is 0 Å². The first kappa shape index (κ1) is 29.4. The lowest BCUT2D eigenvalue weighted by atomic mass is 10.1. The Labute approximate surface area is 218 Å². The van der Waals surface area contributed by atoms with Crippen molar-refractivity contribution in [3.63, 3.8) is 0 Å². The number of rotatable bonds is 6. The van der Waals surface area contributed by atoms with E-state index >= 15 is 0 Å². The highest BCUT2D eigenvalue weighted by atomic mass is 32.2. The Morgan fingerprint density at radius 1 is 0.432 bits per heavy atom. The SMILES string of the molecule is Cc1cc(C)c(S(=O)(=O)[O-])cc1P(c1cc(S(=O)(=O)[O-])c(C)cc1C)c1cc(S(=O)(=O)[O-])c(C)cc1C. The molecule has 0 saturated heterocycles. The molecule has 13 heteroatoms. The highest BCUT2D eigenvalue weighted by molar-refractivity contribution is 7.86. The summed E-state index contributed by atoms with van der Waals surface area (Å²) in [6, 6.07) is 8.10. The fourth-order valence-electron chi connectivity index (χ4n) is 4.39. The number of hydrogen-bond donors (Lipinski definition) is 0. The monoisotopic (exact) mass is 583 g/mol. The maximum absolute atomic E-state index is 12.0. The summed E-state index contributed by atoms with van der Waals surface area (Å²) in [4.78, 5) is -1.45. The summed E-state index contributed by atoms with van der Waals surface area (Å²) in [5.74, 6) is 0. The second-order valence-electron chi connectivity index (χ2n) is 8.91. The average Bonchev–Trinajstić information content (AvgIpc) is 2.69. The Morgan fingerprint density at radius 3 is 0.838 bits per heavy atom. The summed E-state index contributed by atoms with van der Waals surface area (Å²) in [7, 11) is -16.6. The van der Waals surface area contributed by atoms with Gasteiger partial charge in [0, 0.05) is 0 Å². The summed E-state index contributed by atoms with van der Waals surface area (Å²) in [5, 5.41) is 0.993. The molecule has 200 valence electrons. The molecule has 0 aliphatic rings. The molecule has 0 aliphatic carbocycles. The predicted molar refractivity (Wildman–Crippen MR) is 137 cm³/mol. The molecule has 0 radical (unpaired) electrons. The number of hydrogen-bond acceptors (Lipinski definition) is 9. The van der Waals surface area contributed by atoms with E-state index in [-0.39, 0.29) is 16.7 Å². The molecule has 0 fully saturated rings. The molecule has 0 aliphatic heterocycles. The van der Waals surface area contributed by atoms with Gasteiger partial charge in [0.05, 0.1) is 14.7 Å². The molecule has 3 aromatic rings. The van der Waals surface area contributed by atoms with Crippen LogP contribution >= 0.6 is 7.92 Å². The number of benzene rings is 3. The van der Waals surface area contributed by atoms with Crippen molar-refractivity contribution < 1.29 is 38.9 Å². The van der Waals surface area contributed by atoms with Crippen molar-refractivity contribution in [1.29, 1.82) is 0 Å². The summed E-state index contributed by atoms with van der Waals surface area (Å²) in [6.45, 7) is 9.39. The third-order valence-corrected chi connectivity index (χ3v) is 11.8. The Morgan fingerprint density at radius 2 is 0.649 bits per heavy atom. The van der Waals surface area contributed by atoms with E-state index in [4.69, 9.17) is 0 Å². The second kappa shape index (κ2) is 9.85. The minimum absolute atomic E-state index is 0.207. The lowest BCUT2D eigenvalue weighted by molar-refractivity contribution is 0.460. The van der Waals surface area contributed by atoms with Crippen molar-refractivity contribution in [3.8, 4) is 0 Å². The van der Waals surface area contributed by atoms with Gasteiger partial charge in [-0.15, -0.1) is 0 Å².